The second-order valence-corrected chi connectivity index (χ2v) is 5.90. The number of nitrogens with two attached hydrogens (primary N) is 1. The maximum absolute atomic E-state index is 13.4. The van der Waals surface area contributed by atoms with E-state index >= 15 is 0 Å². The highest BCUT2D eigenvalue weighted by atomic mass is 32.2. The molecule has 0 spiro atoms. The molecular weight excluding hydrogens is 239 g/mol. The Hall–Kier alpha value is -1.23. The maximum atomic E-state index is 13.4. The van der Waals surface area contributed by atoms with Crippen LogP contribution in [0.5, 0.6) is 0 Å². The summed E-state index contributed by atoms with van der Waals surface area (Å²) >= 11 is 1.64. The van der Waals surface area contributed by atoms with Crippen molar-refractivity contribution in [3.8, 4) is 0 Å². The van der Waals surface area contributed by atoms with Crippen molar-refractivity contribution in [2.45, 2.75) is 18.6 Å². The van der Waals surface area contributed by atoms with Crippen LogP contribution in [0, 0.1) is 5.82 Å². The fraction of sp³-hybridized carbons (Fsp3) is 0.417. The van der Waals surface area contributed by atoms with Crippen molar-refractivity contribution in [1.82, 2.24) is 5.32 Å². The Bertz CT molecular complexity index is 421. The molecule has 17 heavy (non-hydrogen) atoms. The Kier molecular flexibility index (Phi) is 4.40. The summed E-state index contributed by atoms with van der Waals surface area (Å²) in [6, 6.07) is 3.97. The average molecular weight is 256 g/mol. The molecule has 0 aliphatic carbocycles. The number of nitrogens with one attached hydrogen (secondary N) is 1. The first-order valence-electron chi connectivity index (χ1n) is 5.24. The van der Waals surface area contributed by atoms with E-state index in [1.807, 2.05) is 20.1 Å². The van der Waals surface area contributed by atoms with E-state index < -0.39 is 11.7 Å². The number of benzene rings is 1. The van der Waals surface area contributed by atoms with Crippen LogP contribution in [0.2, 0.25) is 0 Å². The molecule has 1 aromatic rings. The molecule has 0 atom stereocenters. The van der Waals surface area contributed by atoms with Crippen LogP contribution in [0.1, 0.15) is 24.2 Å². The minimum absolute atomic E-state index is 0.0121. The summed E-state index contributed by atoms with van der Waals surface area (Å²) in [7, 11) is 0. The molecular formula is C12H17FN2OS. The van der Waals surface area contributed by atoms with Gasteiger partial charge in [-0.3, -0.25) is 4.79 Å². The molecule has 0 aliphatic rings. The van der Waals surface area contributed by atoms with Gasteiger partial charge >= 0.3 is 0 Å². The van der Waals surface area contributed by atoms with Gasteiger partial charge in [-0.1, -0.05) is 0 Å². The SMILES string of the molecule is CSC(C)(C)CNC(=O)c1cc(N)ccc1F. The number of halogens is 1. The number of hydrogen-bond donors (Lipinski definition) is 2. The summed E-state index contributed by atoms with van der Waals surface area (Å²) in [6.07, 6.45) is 1.97. The largest absolute Gasteiger partial charge is 0.399 e. The second kappa shape index (κ2) is 5.40. The molecule has 0 aliphatic heterocycles. The van der Waals surface area contributed by atoms with Crippen LogP contribution in [-0.4, -0.2) is 23.5 Å². The first kappa shape index (κ1) is 13.8. The Balaban J connectivity index is 2.74. The van der Waals surface area contributed by atoms with Crippen molar-refractivity contribution in [2.75, 3.05) is 18.5 Å². The molecule has 0 saturated heterocycles. The zero-order valence-corrected chi connectivity index (χ0v) is 11.0. The smallest absolute Gasteiger partial charge is 0.254 e. The molecule has 1 amide bonds. The van der Waals surface area contributed by atoms with E-state index in [0.717, 1.165) is 0 Å². The number of rotatable bonds is 4. The van der Waals surface area contributed by atoms with E-state index in [2.05, 4.69) is 5.32 Å². The minimum Gasteiger partial charge on any atom is -0.399 e. The number of carbonyl (C=O) groups is 1. The van der Waals surface area contributed by atoms with Crippen LogP contribution < -0.4 is 11.1 Å². The molecule has 5 heteroatoms. The standard InChI is InChI=1S/C12H17FN2OS/c1-12(2,17-3)7-15-11(16)9-6-8(14)4-5-10(9)13/h4-6H,7,14H2,1-3H3,(H,15,16). The van der Waals surface area contributed by atoms with E-state index in [4.69, 9.17) is 5.73 Å². The Labute approximate surface area is 105 Å². The van der Waals surface area contributed by atoms with Crippen LogP contribution in [0.3, 0.4) is 0 Å². The summed E-state index contributed by atoms with van der Waals surface area (Å²) in [5.74, 6) is -0.990. The van der Waals surface area contributed by atoms with E-state index in [0.29, 0.717) is 12.2 Å². The average Bonchev–Trinajstić information content (AvgIpc) is 2.29. The number of amides is 1. The van der Waals surface area contributed by atoms with Gasteiger partial charge in [-0.05, 0) is 38.3 Å². The van der Waals surface area contributed by atoms with Crippen LogP contribution in [-0.2, 0) is 0 Å². The van der Waals surface area contributed by atoms with Crippen molar-refractivity contribution >= 4 is 23.4 Å². The minimum atomic E-state index is -0.557. The van der Waals surface area contributed by atoms with Gasteiger partial charge in [0.25, 0.3) is 5.91 Å². The van der Waals surface area contributed by atoms with Crippen LogP contribution in [0.15, 0.2) is 18.2 Å². The Morgan fingerprint density at radius 3 is 2.76 bits per heavy atom. The third-order valence-electron chi connectivity index (χ3n) is 2.46. The highest BCUT2D eigenvalue weighted by Gasteiger charge is 2.19. The molecule has 0 radical (unpaired) electrons. The predicted molar refractivity (Wildman–Crippen MR) is 70.7 cm³/mol. The van der Waals surface area contributed by atoms with E-state index in [-0.39, 0.29) is 10.3 Å². The lowest BCUT2D eigenvalue weighted by atomic mass is 10.1. The van der Waals surface area contributed by atoms with E-state index in [1.54, 1.807) is 11.8 Å². The van der Waals surface area contributed by atoms with Crippen molar-refractivity contribution in [3.05, 3.63) is 29.6 Å². The fourth-order valence-electron chi connectivity index (χ4n) is 1.18. The predicted octanol–water partition coefficient (Wildman–Crippen LogP) is 2.28. The van der Waals surface area contributed by atoms with Crippen LogP contribution in [0.4, 0.5) is 10.1 Å². The third-order valence-corrected chi connectivity index (χ3v) is 3.71. The lowest BCUT2D eigenvalue weighted by Crippen LogP contribution is -2.36. The summed E-state index contributed by atoms with van der Waals surface area (Å²) in [5.41, 5.74) is 5.89. The maximum Gasteiger partial charge on any atom is 0.254 e. The Morgan fingerprint density at radius 1 is 1.53 bits per heavy atom. The first-order valence-corrected chi connectivity index (χ1v) is 6.46. The topological polar surface area (TPSA) is 55.1 Å². The number of carbonyl (C=O) groups excluding carboxylic acids is 1. The number of nitrogen functional groups attached to an aromatic ring is 1. The van der Waals surface area contributed by atoms with Gasteiger partial charge in [0.2, 0.25) is 0 Å². The van der Waals surface area contributed by atoms with Crippen molar-refractivity contribution in [1.29, 1.82) is 0 Å². The third kappa shape index (κ3) is 3.93. The van der Waals surface area contributed by atoms with Gasteiger partial charge in [0, 0.05) is 17.0 Å². The van der Waals surface area contributed by atoms with E-state index in [1.165, 1.54) is 18.2 Å². The molecule has 1 aromatic carbocycles. The van der Waals surface area contributed by atoms with Gasteiger partial charge in [-0.25, -0.2) is 4.39 Å². The van der Waals surface area contributed by atoms with Crippen molar-refractivity contribution < 1.29 is 9.18 Å². The zero-order chi connectivity index (χ0) is 13.1. The van der Waals surface area contributed by atoms with Gasteiger partial charge in [0.15, 0.2) is 0 Å². The number of hydrogen-bond acceptors (Lipinski definition) is 3. The highest BCUT2D eigenvalue weighted by molar-refractivity contribution is 7.99. The molecule has 0 unspecified atom stereocenters. The van der Waals surface area contributed by atoms with E-state index in [9.17, 15) is 9.18 Å². The highest BCUT2D eigenvalue weighted by Crippen LogP contribution is 2.20. The van der Waals surface area contributed by atoms with Crippen molar-refractivity contribution in [3.63, 3.8) is 0 Å². The van der Waals surface area contributed by atoms with Gasteiger partial charge in [-0.2, -0.15) is 11.8 Å². The fourth-order valence-corrected chi connectivity index (χ4v) is 1.39. The molecule has 1 rings (SSSR count). The molecule has 0 saturated carbocycles. The molecule has 0 aromatic heterocycles. The molecule has 0 heterocycles. The lowest BCUT2D eigenvalue weighted by Gasteiger charge is -2.22. The van der Waals surface area contributed by atoms with Crippen LogP contribution in [0.25, 0.3) is 0 Å². The van der Waals surface area contributed by atoms with Gasteiger partial charge in [0.05, 0.1) is 5.56 Å². The molecule has 0 bridgehead atoms. The van der Waals surface area contributed by atoms with Gasteiger partial charge in [-0.15, -0.1) is 0 Å². The quantitative estimate of drug-likeness (QED) is 0.813. The second-order valence-electron chi connectivity index (χ2n) is 4.39. The van der Waals surface area contributed by atoms with Crippen LogP contribution >= 0.6 is 11.8 Å². The number of anilines is 1. The molecule has 3 N–H and O–H groups in total. The summed E-state index contributed by atoms with van der Waals surface area (Å²) < 4.78 is 13.3. The molecule has 3 nitrogen and oxygen atoms in total. The zero-order valence-electron chi connectivity index (χ0n) is 10.2. The van der Waals surface area contributed by atoms with Gasteiger partial charge < -0.3 is 11.1 Å². The normalized spacial score (nSPS) is 11.3. The number of thioether (sulfide) groups is 1. The summed E-state index contributed by atoms with van der Waals surface area (Å²) in [5, 5.41) is 2.70. The van der Waals surface area contributed by atoms with Gasteiger partial charge in [0.1, 0.15) is 5.82 Å². The monoisotopic (exact) mass is 256 g/mol. The summed E-state index contributed by atoms with van der Waals surface area (Å²) in [4.78, 5) is 11.8. The van der Waals surface area contributed by atoms with Crippen molar-refractivity contribution in [2.24, 2.45) is 0 Å². The lowest BCUT2D eigenvalue weighted by molar-refractivity contribution is 0.0947. The Morgan fingerprint density at radius 2 is 2.18 bits per heavy atom. The molecule has 94 valence electrons. The first-order chi connectivity index (χ1) is 7.85. The molecule has 0 fully saturated rings. The summed E-state index contributed by atoms with van der Waals surface area (Å²) in [6.45, 7) is 4.49.